The van der Waals surface area contributed by atoms with Crippen LogP contribution in [0.25, 0.3) is 0 Å². The van der Waals surface area contributed by atoms with Crippen LogP contribution >= 0.6 is 23.2 Å². The molecule has 0 heterocycles. The Labute approximate surface area is 234 Å². The number of benzene rings is 3. The Bertz CT molecular complexity index is 1380. The van der Waals surface area contributed by atoms with E-state index in [-0.39, 0.29) is 39.1 Å². The molecule has 1 N–H and O–H groups in total. The first-order valence-corrected chi connectivity index (χ1v) is 14.3. The van der Waals surface area contributed by atoms with E-state index in [1.54, 1.807) is 25.1 Å². The van der Waals surface area contributed by atoms with E-state index in [1.165, 1.54) is 35.2 Å². The highest BCUT2D eigenvalue weighted by Crippen LogP contribution is 2.30. The highest BCUT2D eigenvalue weighted by molar-refractivity contribution is 7.92. The summed E-state index contributed by atoms with van der Waals surface area (Å²) in [7, 11) is -4.19. The van der Waals surface area contributed by atoms with Crippen LogP contribution in [-0.2, 0) is 26.2 Å². The van der Waals surface area contributed by atoms with Crippen molar-refractivity contribution in [2.75, 3.05) is 10.8 Å². The van der Waals surface area contributed by atoms with Crippen LogP contribution < -0.4 is 9.62 Å². The number of sulfonamides is 1. The van der Waals surface area contributed by atoms with Crippen molar-refractivity contribution in [3.05, 3.63) is 94.0 Å². The molecule has 0 aromatic heterocycles. The lowest BCUT2D eigenvalue weighted by atomic mass is 10.1. The Morgan fingerprint density at radius 3 is 2.05 bits per heavy atom. The second-order valence-corrected chi connectivity index (χ2v) is 12.0. The Balaban J connectivity index is 2.07. The number of amides is 2. The molecule has 10 heteroatoms. The number of carbonyl (C=O) groups excluding carboxylic acids is 2. The second-order valence-electron chi connectivity index (χ2n) is 9.24. The average molecular weight is 577 g/mol. The summed E-state index contributed by atoms with van der Waals surface area (Å²) in [6.07, 6.45) is 0. The molecule has 0 spiro atoms. The van der Waals surface area contributed by atoms with E-state index in [4.69, 9.17) is 23.2 Å². The van der Waals surface area contributed by atoms with Crippen molar-refractivity contribution < 1.29 is 18.0 Å². The fourth-order valence-corrected chi connectivity index (χ4v) is 5.82. The van der Waals surface area contributed by atoms with Gasteiger partial charge in [0.2, 0.25) is 11.8 Å². The number of hydrogen-bond acceptors (Lipinski definition) is 4. The lowest BCUT2D eigenvalue weighted by Gasteiger charge is -2.32. The Morgan fingerprint density at radius 1 is 0.895 bits per heavy atom. The smallest absolute Gasteiger partial charge is 0.264 e. The first-order valence-electron chi connectivity index (χ1n) is 12.1. The summed E-state index contributed by atoms with van der Waals surface area (Å²) < 4.78 is 28.5. The maximum Gasteiger partial charge on any atom is 0.264 e. The largest absolute Gasteiger partial charge is 0.352 e. The molecule has 0 aliphatic carbocycles. The standard InChI is InChI=1S/C28H31Cl2N3O4S/c1-19(2)31-28(35)21(4)32(17-22-11-9-8-10-20(22)3)27(34)18-33(25-15-23(29)14-24(30)16-25)38(36,37)26-12-6-5-7-13-26/h5-16,19,21H,17-18H2,1-4H3,(H,31,35). The van der Waals surface area contributed by atoms with E-state index in [2.05, 4.69) is 5.32 Å². The van der Waals surface area contributed by atoms with Gasteiger partial charge in [-0.1, -0.05) is 65.7 Å². The molecular formula is C28H31Cl2N3O4S. The van der Waals surface area contributed by atoms with Crippen molar-refractivity contribution >= 4 is 50.7 Å². The van der Waals surface area contributed by atoms with E-state index < -0.39 is 28.5 Å². The third-order valence-electron chi connectivity index (χ3n) is 5.95. The van der Waals surface area contributed by atoms with Gasteiger partial charge in [-0.15, -0.1) is 0 Å². The molecule has 0 bridgehead atoms. The molecule has 3 aromatic rings. The second kappa shape index (κ2) is 12.7. The molecule has 202 valence electrons. The van der Waals surface area contributed by atoms with Gasteiger partial charge < -0.3 is 10.2 Å². The third-order valence-corrected chi connectivity index (χ3v) is 8.17. The number of halogens is 2. The maximum atomic E-state index is 13.9. The Hall–Kier alpha value is -3.07. The highest BCUT2D eigenvalue weighted by atomic mass is 35.5. The van der Waals surface area contributed by atoms with Crippen LogP contribution in [0.5, 0.6) is 0 Å². The van der Waals surface area contributed by atoms with Gasteiger partial charge in [-0.3, -0.25) is 13.9 Å². The van der Waals surface area contributed by atoms with Crippen LogP contribution in [-0.4, -0.2) is 43.8 Å². The molecule has 2 amide bonds. The quantitative estimate of drug-likeness (QED) is 0.348. The number of nitrogens with one attached hydrogen (secondary N) is 1. The van der Waals surface area contributed by atoms with Gasteiger partial charge in [-0.25, -0.2) is 8.42 Å². The molecule has 38 heavy (non-hydrogen) atoms. The number of rotatable bonds is 10. The minimum Gasteiger partial charge on any atom is -0.352 e. The summed E-state index contributed by atoms with van der Waals surface area (Å²) in [4.78, 5) is 28.3. The van der Waals surface area contributed by atoms with Crippen LogP contribution in [0.2, 0.25) is 10.0 Å². The summed E-state index contributed by atoms with van der Waals surface area (Å²) in [5.41, 5.74) is 1.92. The van der Waals surface area contributed by atoms with Crippen molar-refractivity contribution in [2.45, 2.75) is 51.2 Å². The molecular weight excluding hydrogens is 545 g/mol. The van der Waals surface area contributed by atoms with E-state index in [0.29, 0.717) is 0 Å². The van der Waals surface area contributed by atoms with Crippen molar-refractivity contribution in [1.29, 1.82) is 0 Å². The molecule has 1 atom stereocenters. The lowest BCUT2D eigenvalue weighted by molar-refractivity contribution is -0.139. The minimum absolute atomic E-state index is 0.0000453. The molecule has 1 unspecified atom stereocenters. The van der Waals surface area contributed by atoms with Gasteiger partial charge >= 0.3 is 0 Å². The van der Waals surface area contributed by atoms with Crippen molar-refractivity contribution in [3.8, 4) is 0 Å². The fourth-order valence-electron chi connectivity index (χ4n) is 3.89. The predicted molar refractivity (Wildman–Crippen MR) is 152 cm³/mol. The zero-order chi connectivity index (χ0) is 28.0. The van der Waals surface area contributed by atoms with Crippen molar-refractivity contribution in [1.82, 2.24) is 10.2 Å². The lowest BCUT2D eigenvalue weighted by Crippen LogP contribution is -2.52. The zero-order valence-electron chi connectivity index (χ0n) is 21.7. The van der Waals surface area contributed by atoms with Crippen molar-refractivity contribution in [2.24, 2.45) is 0 Å². The van der Waals surface area contributed by atoms with Crippen LogP contribution in [0.1, 0.15) is 31.9 Å². The van der Waals surface area contributed by atoms with Crippen LogP contribution in [0.3, 0.4) is 0 Å². The molecule has 0 radical (unpaired) electrons. The van der Waals surface area contributed by atoms with Gasteiger partial charge in [0.05, 0.1) is 10.6 Å². The summed E-state index contributed by atoms with van der Waals surface area (Å²) in [5, 5.41) is 3.27. The number of carbonyl (C=O) groups is 2. The molecule has 0 saturated heterocycles. The van der Waals surface area contributed by atoms with Crippen molar-refractivity contribution in [3.63, 3.8) is 0 Å². The Kier molecular flexibility index (Phi) is 9.82. The van der Waals surface area contributed by atoms with Gasteiger partial charge in [0.25, 0.3) is 10.0 Å². The number of nitrogens with zero attached hydrogens (tertiary/aromatic N) is 2. The van der Waals surface area contributed by atoms with E-state index >= 15 is 0 Å². The Morgan fingerprint density at radius 2 is 1.47 bits per heavy atom. The number of anilines is 1. The maximum absolute atomic E-state index is 13.9. The first-order chi connectivity index (χ1) is 17.9. The fraction of sp³-hybridized carbons (Fsp3) is 0.286. The van der Waals surface area contributed by atoms with E-state index in [0.717, 1.165) is 15.4 Å². The van der Waals surface area contributed by atoms with Gasteiger partial charge in [-0.05, 0) is 69.2 Å². The van der Waals surface area contributed by atoms with Gasteiger partial charge in [0, 0.05) is 22.6 Å². The van der Waals surface area contributed by atoms with E-state index in [9.17, 15) is 18.0 Å². The van der Waals surface area contributed by atoms with Gasteiger partial charge in [0.15, 0.2) is 0 Å². The first kappa shape index (κ1) is 29.5. The third kappa shape index (κ3) is 7.28. The minimum atomic E-state index is -4.19. The molecule has 0 saturated carbocycles. The molecule has 0 aliphatic heterocycles. The summed E-state index contributed by atoms with van der Waals surface area (Å²) in [6, 6.07) is 18.7. The highest BCUT2D eigenvalue weighted by Gasteiger charge is 2.33. The number of aryl methyl sites for hydroxylation is 1. The monoisotopic (exact) mass is 575 g/mol. The molecule has 3 aromatic carbocycles. The summed E-state index contributed by atoms with van der Waals surface area (Å²) in [6.45, 7) is 6.74. The molecule has 0 aliphatic rings. The van der Waals surface area contributed by atoms with Crippen LogP contribution in [0, 0.1) is 6.92 Å². The normalized spacial score (nSPS) is 12.2. The van der Waals surface area contributed by atoms with Gasteiger partial charge in [-0.2, -0.15) is 0 Å². The summed E-state index contributed by atoms with van der Waals surface area (Å²) >= 11 is 12.4. The van der Waals surface area contributed by atoms with E-state index in [1.807, 2.05) is 45.0 Å². The predicted octanol–water partition coefficient (Wildman–Crippen LogP) is 5.44. The zero-order valence-corrected chi connectivity index (χ0v) is 24.0. The van der Waals surface area contributed by atoms with Gasteiger partial charge in [0.1, 0.15) is 12.6 Å². The molecule has 3 rings (SSSR count). The molecule has 0 fully saturated rings. The summed E-state index contributed by atoms with van der Waals surface area (Å²) in [5.74, 6) is -0.902. The van der Waals surface area contributed by atoms with Crippen LogP contribution in [0.4, 0.5) is 5.69 Å². The van der Waals surface area contributed by atoms with Crippen LogP contribution in [0.15, 0.2) is 77.7 Å². The SMILES string of the molecule is Cc1ccccc1CN(C(=O)CN(c1cc(Cl)cc(Cl)c1)S(=O)(=O)c1ccccc1)C(C)C(=O)NC(C)C. The molecule has 7 nitrogen and oxygen atoms in total. The topological polar surface area (TPSA) is 86.8 Å². The number of hydrogen-bond donors (Lipinski definition) is 1. The average Bonchev–Trinajstić information content (AvgIpc) is 2.85.